The van der Waals surface area contributed by atoms with Gasteiger partial charge in [-0.3, -0.25) is 24.3 Å². The first-order valence-corrected chi connectivity index (χ1v) is 14.0. The molecule has 3 aromatic rings. The second-order valence-electron chi connectivity index (χ2n) is 8.76. The molecule has 204 valence electrons. The molecule has 0 saturated carbocycles. The first kappa shape index (κ1) is 27.2. The summed E-state index contributed by atoms with van der Waals surface area (Å²) in [4.78, 5) is 34.4. The molecule has 0 bridgehead atoms. The maximum absolute atomic E-state index is 12.2. The molecule has 4 N–H and O–H groups in total. The van der Waals surface area contributed by atoms with E-state index >= 15 is 0 Å². The summed E-state index contributed by atoms with van der Waals surface area (Å²) < 4.78 is 1.72. The standard InChI is InChI=1S/C27H25N7O4S2/c35-20-7-3-17(4-8-20)14-22-24(37)30-26(39-22)28-11-1-2-19-16-34(33-32-19)13-12-29-27-31-25(38)23(40-27)15-18-5-9-21(36)10-6-18/h3-10,14-16,35-36H,1-2,11-13H2,(H,28,30,37)(H,29,31,38)/b22-14-,23-15-. The van der Waals surface area contributed by atoms with Gasteiger partial charge < -0.3 is 20.8 Å². The largest absolute Gasteiger partial charge is 0.508 e. The van der Waals surface area contributed by atoms with Gasteiger partial charge in [-0.25, -0.2) is 0 Å². The van der Waals surface area contributed by atoms with Gasteiger partial charge in [0.2, 0.25) is 0 Å². The molecule has 2 aromatic carbocycles. The topological polar surface area (TPSA) is 154 Å². The molecule has 0 aliphatic carbocycles. The summed E-state index contributed by atoms with van der Waals surface area (Å²) in [6.07, 6.45) is 6.82. The first-order chi connectivity index (χ1) is 19.4. The maximum Gasteiger partial charge on any atom is 0.264 e. The first-order valence-electron chi connectivity index (χ1n) is 12.4. The second kappa shape index (κ2) is 12.7. The van der Waals surface area contributed by atoms with Crippen molar-refractivity contribution < 1.29 is 19.8 Å². The molecule has 11 nitrogen and oxygen atoms in total. The van der Waals surface area contributed by atoms with Crippen LogP contribution < -0.4 is 10.6 Å². The normalized spacial score (nSPS) is 19.2. The molecule has 0 atom stereocenters. The van der Waals surface area contributed by atoms with Crippen LogP contribution in [0.5, 0.6) is 11.5 Å². The number of aromatic hydroxyl groups is 2. The van der Waals surface area contributed by atoms with Crippen molar-refractivity contribution in [2.75, 3.05) is 13.1 Å². The van der Waals surface area contributed by atoms with E-state index in [2.05, 4.69) is 30.9 Å². The fourth-order valence-electron chi connectivity index (χ4n) is 3.70. The van der Waals surface area contributed by atoms with Gasteiger partial charge in [-0.15, -0.1) is 5.10 Å². The molecule has 1 aromatic heterocycles. The Morgan fingerprint density at radius 3 is 1.88 bits per heavy atom. The van der Waals surface area contributed by atoms with E-state index < -0.39 is 0 Å². The molecule has 3 heterocycles. The van der Waals surface area contributed by atoms with Crippen LogP contribution in [0.25, 0.3) is 12.2 Å². The van der Waals surface area contributed by atoms with Gasteiger partial charge in [-0.2, -0.15) is 0 Å². The van der Waals surface area contributed by atoms with Gasteiger partial charge in [0.1, 0.15) is 11.5 Å². The van der Waals surface area contributed by atoms with E-state index in [1.807, 2.05) is 6.20 Å². The van der Waals surface area contributed by atoms with Crippen LogP contribution in [-0.4, -0.2) is 60.4 Å². The van der Waals surface area contributed by atoms with Gasteiger partial charge in [0.15, 0.2) is 10.3 Å². The van der Waals surface area contributed by atoms with Gasteiger partial charge in [-0.1, -0.05) is 29.5 Å². The van der Waals surface area contributed by atoms with Gasteiger partial charge in [-0.05, 0) is 83.9 Å². The lowest BCUT2D eigenvalue weighted by Gasteiger charge is -1.98. The summed E-state index contributed by atoms with van der Waals surface area (Å²) in [6, 6.07) is 13.2. The molecule has 0 unspecified atom stereocenters. The number of thioether (sulfide) groups is 2. The average Bonchev–Trinajstić information content (AvgIpc) is 3.63. The number of carbonyl (C=O) groups excluding carboxylic acids is 2. The summed E-state index contributed by atoms with van der Waals surface area (Å²) in [5.41, 5.74) is 2.48. The number of nitrogens with zero attached hydrogens (tertiary/aromatic N) is 5. The Bertz CT molecular complexity index is 1530. The third-order valence-electron chi connectivity index (χ3n) is 5.70. The van der Waals surface area contributed by atoms with E-state index in [0.717, 1.165) is 23.2 Å². The number of amides is 2. The molecule has 5 rings (SSSR count). The van der Waals surface area contributed by atoms with Crippen LogP contribution in [0.3, 0.4) is 0 Å². The maximum atomic E-state index is 12.2. The Morgan fingerprint density at radius 1 is 0.800 bits per heavy atom. The minimum atomic E-state index is -0.205. The Labute approximate surface area is 238 Å². The van der Waals surface area contributed by atoms with Gasteiger partial charge in [0.05, 0.1) is 28.6 Å². The molecule has 0 spiro atoms. The lowest BCUT2D eigenvalue weighted by molar-refractivity contribution is -0.116. The molecule has 13 heteroatoms. The Kier molecular flexibility index (Phi) is 8.62. The predicted octanol–water partition coefficient (Wildman–Crippen LogP) is 3.14. The highest BCUT2D eigenvalue weighted by molar-refractivity contribution is 8.19. The molecule has 2 aliphatic heterocycles. The van der Waals surface area contributed by atoms with E-state index in [1.54, 1.807) is 65.4 Å². The fraction of sp³-hybridized carbons (Fsp3) is 0.185. The van der Waals surface area contributed by atoms with Crippen LogP contribution in [0.1, 0.15) is 23.2 Å². The minimum Gasteiger partial charge on any atom is -0.508 e. The number of hydrogen-bond acceptors (Lipinski definition) is 10. The summed E-state index contributed by atoms with van der Waals surface area (Å²) >= 11 is 2.56. The number of carbonyl (C=O) groups is 2. The molecule has 2 amide bonds. The third-order valence-corrected chi connectivity index (χ3v) is 7.60. The lowest BCUT2D eigenvalue weighted by Crippen LogP contribution is -2.20. The number of aromatic nitrogens is 3. The van der Waals surface area contributed by atoms with Crippen molar-refractivity contribution >= 4 is 57.8 Å². The van der Waals surface area contributed by atoms with Crippen molar-refractivity contribution in [3.05, 3.63) is 81.4 Å². The Hall–Kier alpha value is -4.36. The number of hydrogen-bond donors (Lipinski definition) is 4. The van der Waals surface area contributed by atoms with E-state index in [1.165, 1.54) is 23.5 Å². The van der Waals surface area contributed by atoms with Crippen LogP contribution >= 0.6 is 23.5 Å². The van der Waals surface area contributed by atoms with E-state index in [-0.39, 0.29) is 23.3 Å². The van der Waals surface area contributed by atoms with Gasteiger partial charge in [0.25, 0.3) is 11.8 Å². The third kappa shape index (κ3) is 7.39. The van der Waals surface area contributed by atoms with E-state index in [9.17, 15) is 19.8 Å². The number of aliphatic imine (C=N–C) groups is 2. The Morgan fingerprint density at radius 2 is 1.32 bits per heavy atom. The molecule has 2 saturated heterocycles. The van der Waals surface area contributed by atoms with Crippen molar-refractivity contribution in [1.82, 2.24) is 25.6 Å². The highest BCUT2D eigenvalue weighted by Crippen LogP contribution is 2.27. The number of phenolic OH excluding ortho intramolecular Hbond substituents is 2. The molecule has 40 heavy (non-hydrogen) atoms. The SMILES string of the molecule is O=C1NC(=NCCCc2cn(CCN=C3NC(=O)/C(=C/c4ccc(O)cc4)S3)nn2)S/C1=C\c1ccc(O)cc1. The Balaban J connectivity index is 1.05. The number of phenols is 2. The van der Waals surface area contributed by atoms with Gasteiger partial charge >= 0.3 is 0 Å². The van der Waals surface area contributed by atoms with Crippen molar-refractivity contribution in [2.24, 2.45) is 9.98 Å². The van der Waals surface area contributed by atoms with Crippen molar-refractivity contribution in [3.8, 4) is 11.5 Å². The van der Waals surface area contributed by atoms with Crippen LogP contribution in [0.15, 0.2) is 74.5 Å². The lowest BCUT2D eigenvalue weighted by atomic mass is 10.2. The number of nitrogens with one attached hydrogen (secondary N) is 2. The van der Waals surface area contributed by atoms with Crippen LogP contribution in [0, 0.1) is 0 Å². The van der Waals surface area contributed by atoms with Crippen molar-refractivity contribution in [3.63, 3.8) is 0 Å². The minimum absolute atomic E-state index is 0.173. The molecule has 0 radical (unpaired) electrons. The number of rotatable bonds is 9. The quantitative estimate of drug-likeness (QED) is 0.224. The summed E-state index contributed by atoms with van der Waals surface area (Å²) in [5, 5.41) is 33.8. The highest BCUT2D eigenvalue weighted by atomic mass is 32.2. The summed E-state index contributed by atoms with van der Waals surface area (Å²) in [5.74, 6) is -0.0475. The van der Waals surface area contributed by atoms with E-state index in [0.29, 0.717) is 46.2 Å². The average molecular weight is 576 g/mol. The van der Waals surface area contributed by atoms with Crippen LogP contribution in [0.2, 0.25) is 0 Å². The molecule has 2 fully saturated rings. The monoisotopic (exact) mass is 575 g/mol. The zero-order chi connectivity index (χ0) is 27.9. The van der Waals surface area contributed by atoms with Crippen molar-refractivity contribution in [2.45, 2.75) is 19.4 Å². The van der Waals surface area contributed by atoms with Crippen LogP contribution in [0.4, 0.5) is 0 Å². The predicted molar refractivity (Wildman–Crippen MR) is 157 cm³/mol. The second-order valence-corrected chi connectivity index (χ2v) is 10.8. The molecule has 2 aliphatic rings. The number of benzene rings is 2. The number of aryl methyl sites for hydroxylation is 1. The number of amidine groups is 2. The molecular formula is C27H25N7O4S2. The molecular weight excluding hydrogens is 550 g/mol. The zero-order valence-electron chi connectivity index (χ0n) is 21.1. The smallest absolute Gasteiger partial charge is 0.264 e. The van der Waals surface area contributed by atoms with E-state index in [4.69, 9.17) is 0 Å². The summed E-state index contributed by atoms with van der Waals surface area (Å²) in [7, 11) is 0. The highest BCUT2D eigenvalue weighted by Gasteiger charge is 2.24. The zero-order valence-corrected chi connectivity index (χ0v) is 22.8. The van der Waals surface area contributed by atoms with Crippen molar-refractivity contribution in [1.29, 1.82) is 0 Å². The van der Waals surface area contributed by atoms with Gasteiger partial charge in [0, 0.05) is 12.7 Å². The van der Waals surface area contributed by atoms with Crippen LogP contribution in [-0.2, 0) is 22.6 Å². The summed E-state index contributed by atoms with van der Waals surface area (Å²) in [6.45, 7) is 1.49. The fourth-order valence-corrected chi connectivity index (χ4v) is 5.40.